The first-order chi connectivity index (χ1) is 17.9. The van der Waals surface area contributed by atoms with E-state index in [4.69, 9.17) is 4.98 Å². The summed E-state index contributed by atoms with van der Waals surface area (Å²) in [7, 11) is 0. The quantitative estimate of drug-likeness (QED) is 0.263. The molecule has 0 aliphatic carbocycles. The summed E-state index contributed by atoms with van der Waals surface area (Å²) < 4.78 is 0. The zero-order valence-electron chi connectivity index (χ0n) is 22.3. The lowest BCUT2D eigenvalue weighted by Crippen LogP contribution is -2.37. The average molecular weight is 513 g/mol. The molecule has 37 heavy (non-hydrogen) atoms. The maximum Gasteiger partial charge on any atom is 0.314 e. The molecule has 0 bridgehead atoms. The number of thiophene rings is 1. The molecule has 5 rings (SSSR count). The van der Waals surface area contributed by atoms with E-state index in [2.05, 4.69) is 73.3 Å². The van der Waals surface area contributed by atoms with Crippen molar-refractivity contribution in [2.24, 2.45) is 0 Å². The number of fused-ring (bicyclic) bond motifs is 3. The number of aromatic nitrogens is 1. The van der Waals surface area contributed by atoms with Gasteiger partial charge in [-0.3, -0.25) is 9.69 Å². The minimum Gasteiger partial charge on any atom is -0.481 e. The molecule has 2 aromatic carbocycles. The molecule has 0 saturated carbocycles. The summed E-state index contributed by atoms with van der Waals surface area (Å²) >= 11 is 1.79. The van der Waals surface area contributed by atoms with E-state index in [1.807, 2.05) is 13.8 Å². The highest BCUT2D eigenvalue weighted by Gasteiger charge is 2.42. The maximum atomic E-state index is 13.0. The predicted octanol–water partition coefficient (Wildman–Crippen LogP) is 7.67. The fraction of sp³-hybridized carbons (Fsp3) is 0.375. The summed E-state index contributed by atoms with van der Waals surface area (Å²) in [6.07, 6.45) is 2.90. The molecule has 5 heteroatoms. The van der Waals surface area contributed by atoms with Crippen LogP contribution in [0.1, 0.15) is 65.9 Å². The van der Waals surface area contributed by atoms with Gasteiger partial charge in [-0.25, -0.2) is 4.98 Å². The first-order valence-corrected chi connectivity index (χ1v) is 14.2. The predicted molar refractivity (Wildman–Crippen MR) is 153 cm³/mol. The van der Waals surface area contributed by atoms with Crippen LogP contribution in [0.5, 0.6) is 0 Å². The molecule has 0 spiro atoms. The van der Waals surface area contributed by atoms with Gasteiger partial charge < -0.3 is 5.11 Å². The Hall–Kier alpha value is -3.02. The highest BCUT2D eigenvalue weighted by Crippen LogP contribution is 2.48. The van der Waals surface area contributed by atoms with Gasteiger partial charge in [0, 0.05) is 35.6 Å². The summed E-state index contributed by atoms with van der Waals surface area (Å²) in [6.45, 7) is 11.0. The van der Waals surface area contributed by atoms with Gasteiger partial charge in [-0.15, -0.1) is 11.3 Å². The molecular formula is C32H36N2O2S. The van der Waals surface area contributed by atoms with E-state index < -0.39 is 11.4 Å². The number of benzene rings is 2. The molecule has 2 aromatic heterocycles. The Morgan fingerprint density at radius 1 is 1.08 bits per heavy atom. The largest absolute Gasteiger partial charge is 0.481 e. The lowest BCUT2D eigenvalue weighted by atomic mass is 9.70. The van der Waals surface area contributed by atoms with Crippen molar-refractivity contribution < 1.29 is 9.90 Å². The highest BCUT2D eigenvalue weighted by atomic mass is 32.1. The topological polar surface area (TPSA) is 53.4 Å². The van der Waals surface area contributed by atoms with E-state index in [9.17, 15) is 9.90 Å². The van der Waals surface area contributed by atoms with Crippen molar-refractivity contribution in [1.29, 1.82) is 0 Å². The third-order valence-electron chi connectivity index (χ3n) is 8.01. The number of hydrogen-bond acceptors (Lipinski definition) is 4. The highest BCUT2D eigenvalue weighted by molar-refractivity contribution is 7.19. The number of hydrogen-bond donors (Lipinski definition) is 1. The number of carboxylic acid groups (broad SMARTS) is 1. The van der Waals surface area contributed by atoms with Crippen LogP contribution in [0.3, 0.4) is 0 Å². The lowest BCUT2D eigenvalue weighted by Gasteiger charge is -2.33. The second-order valence-electron chi connectivity index (χ2n) is 10.4. The molecule has 4 aromatic rings. The minimum atomic E-state index is -0.955. The number of nitrogens with zero attached hydrogens (tertiary/aromatic N) is 2. The van der Waals surface area contributed by atoms with E-state index in [0.717, 1.165) is 59.7 Å². The Morgan fingerprint density at radius 3 is 2.46 bits per heavy atom. The second-order valence-corrected chi connectivity index (χ2v) is 11.5. The molecule has 3 heterocycles. The summed E-state index contributed by atoms with van der Waals surface area (Å²) in [4.78, 5) is 23.0. The van der Waals surface area contributed by atoms with E-state index >= 15 is 0 Å². The molecular weight excluding hydrogens is 476 g/mol. The van der Waals surface area contributed by atoms with Gasteiger partial charge in [0.15, 0.2) is 0 Å². The number of aliphatic carboxylic acids is 1. The lowest BCUT2D eigenvalue weighted by molar-refractivity contribution is -0.144. The van der Waals surface area contributed by atoms with Gasteiger partial charge in [0.1, 0.15) is 4.83 Å². The van der Waals surface area contributed by atoms with Crippen LogP contribution < -0.4 is 0 Å². The third kappa shape index (κ3) is 4.60. The van der Waals surface area contributed by atoms with Crippen molar-refractivity contribution in [3.8, 4) is 11.1 Å². The molecule has 0 amide bonds. The molecule has 1 atom stereocenters. The van der Waals surface area contributed by atoms with Crippen molar-refractivity contribution in [3.63, 3.8) is 0 Å². The van der Waals surface area contributed by atoms with Crippen LogP contribution in [-0.2, 0) is 29.7 Å². The first-order valence-electron chi connectivity index (χ1n) is 13.4. The zero-order chi connectivity index (χ0) is 26.2. The number of pyridine rings is 1. The number of carboxylic acids is 1. The van der Waals surface area contributed by atoms with Gasteiger partial charge in [0.25, 0.3) is 0 Å². The Bertz CT molecular complexity index is 1430. The van der Waals surface area contributed by atoms with Gasteiger partial charge in [-0.05, 0) is 60.9 Å². The molecule has 0 radical (unpaired) electrons. The number of rotatable bonds is 8. The third-order valence-corrected chi connectivity index (χ3v) is 9.12. The van der Waals surface area contributed by atoms with Crippen LogP contribution in [-0.4, -0.2) is 27.5 Å². The van der Waals surface area contributed by atoms with Crippen molar-refractivity contribution in [2.75, 3.05) is 6.54 Å². The van der Waals surface area contributed by atoms with Gasteiger partial charge in [0.05, 0.1) is 5.41 Å². The molecule has 1 unspecified atom stereocenters. The number of carbonyl (C=O) groups is 1. The Kier molecular flexibility index (Phi) is 7.19. The number of aryl methyl sites for hydroxylation is 2. The van der Waals surface area contributed by atoms with Crippen molar-refractivity contribution in [1.82, 2.24) is 9.88 Å². The van der Waals surface area contributed by atoms with E-state index in [1.165, 1.54) is 27.0 Å². The van der Waals surface area contributed by atoms with Gasteiger partial charge in [-0.1, -0.05) is 80.4 Å². The Labute approximate surface area is 224 Å². The minimum absolute atomic E-state index is 0.542. The van der Waals surface area contributed by atoms with Crippen LogP contribution in [0.4, 0.5) is 0 Å². The SMILES string of the molecule is CCCC(CC)(C(=O)O)c1c(C)nc2sc3c(c2c1-c1ccc(C)cc1)CCN(Cc1ccccc1)C3. The monoisotopic (exact) mass is 512 g/mol. The van der Waals surface area contributed by atoms with Crippen molar-refractivity contribution in [3.05, 3.63) is 87.4 Å². The Balaban J connectivity index is 1.72. The van der Waals surface area contributed by atoms with Gasteiger partial charge in [-0.2, -0.15) is 0 Å². The van der Waals surface area contributed by atoms with E-state index in [0.29, 0.717) is 12.8 Å². The molecule has 0 fully saturated rings. The van der Waals surface area contributed by atoms with Gasteiger partial charge >= 0.3 is 5.97 Å². The molecule has 4 nitrogen and oxygen atoms in total. The fourth-order valence-electron chi connectivity index (χ4n) is 6.13. The summed E-state index contributed by atoms with van der Waals surface area (Å²) in [6, 6.07) is 19.2. The zero-order valence-corrected chi connectivity index (χ0v) is 23.1. The van der Waals surface area contributed by atoms with Crippen LogP contribution in [0.15, 0.2) is 54.6 Å². The molecule has 1 aliphatic rings. The summed E-state index contributed by atoms with van der Waals surface area (Å²) in [5.41, 5.74) is 6.88. The van der Waals surface area contributed by atoms with Crippen molar-refractivity contribution >= 4 is 27.5 Å². The van der Waals surface area contributed by atoms with Crippen LogP contribution in [0, 0.1) is 13.8 Å². The Morgan fingerprint density at radius 2 is 1.81 bits per heavy atom. The molecule has 0 saturated heterocycles. The first kappa shape index (κ1) is 25.6. The average Bonchev–Trinajstić information content (AvgIpc) is 3.24. The molecule has 192 valence electrons. The van der Waals surface area contributed by atoms with Crippen LogP contribution in [0.2, 0.25) is 0 Å². The fourth-order valence-corrected chi connectivity index (χ4v) is 7.45. The summed E-state index contributed by atoms with van der Waals surface area (Å²) in [5, 5.41) is 11.8. The summed E-state index contributed by atoms with van der Waals surface area (Å²) in [5.74, 6) is -0.743. The van der Waals surface area contributed by atoms with Crippen molar-refractivity contribution in [2.45, 2.75) is 71.9 Å². The smallest absolute Gasteiger partial charge is 0.314 e. The second kappa shape index (κ2) is 10.4. The van der Waals surface area contributed by atoms with Crippen LogP contribution >= 0.6 is 11.3 Å². The van der Waals surface area contributed by atoms with Gasteiger partial charge in [0.2, 0.25) is 0 Å². The molecule has 1 aliphatic heterocycles. The maximum absolute atomic E-state index is 13.0. The van der Waals surface area contributed by atoms with E-state index in [1.54, 1.807) is 11.3 Å². The normalized spacial score (nSPS) is 15.5. The van der Waals surface area contributed by atoms with Crippen LogP contribution in [0.25, 0.3) is 21.3 Å². The molecule has 1 N–H and O–H groups in total. The standard InChI is InChI=1S/C32H36N2O2S/c1-5-17-32(6-2,31(35)36)29-22(4)33-30-28(27(29)24-14-12-21(3)13-15-24)25-16-18-34(20-26(25)37-30)19-23-10-8-7-9-11-23/h7-15H,5-6,16-20H2,1-4H3,(H,35,36). The van der Waals surface area contributed by atoms with E-state index in [-0.39, 0.29) is 0 Å².